The standard InChI is InChI=1S/C11H14O3/c1-13-9-6-7-4-3-5-8(12)10(7)11(9)14-2/h3-5,9,11-12H,6H2,1-2H3. The van der Waals surface area contributed by atoms with Crippen molar-refractivity contribution < 1.29 is 14.6 Å². The summed E-state index contributed by atoms with van der Waals surface area (Å²) in [7, 11) is 3.30. The van der Waals surface area contributed by atoms with Crippen molar-refractivity contribution in [3.63, 3.8) is 0 Å². The summed E-state index contributed by atoms with van der Waals surface area (Å²) in [6.45, 7) is 0. The van der Waals surface area contributed by atoms with E-state index in [0.29, 0.717) is 5.75 Å². The van der Waals surface area contributed by atoms with E-state index in [0.717, 1.165) is 17.5 Å². The highest BCUT2D eigenvalue weighted by molar-refractivity contribution is 5.45. The smallest absolute Gasteiger partial charge is 0.121 e. The van der Waals surface area contributed by atoms with Gasteiger partial charge in [-0.15, -0.1) is 0 Å². The molecule has 2 unspecified atom stereocenters. The van der Waals surface area contributed by atoms with Crippen molar-refractivity contribution in [1.82, 2.24) is 0 Å². The van der Waals surface area contributed by atoms with Crippen molar-refractivity contribution >= 4 is 0 Å². The van der Waals surface area contributed by atoms with E-state index in [1.807, 2.05) is 12.1 Å². The van der Waals surface area contributed by atoms with E-state index in [1.54, 1.807) is 20.3 Å². The van der Waals surface area contributed by atoms with Gasteiger partial charge < -0.3 is 14.6 Å². The third-order valence-electron chi connectivity index (χ3n) is 2.77. The van der Waals surface area contributed by atoms with Crippen LogP contribution in [0, 0.1) is 0 Å². The molecule has 1 aromatic rings. The molecule has 0 aliphatic heterocycles. The molecule has 1 aliphatic rings. The van der Waals surface area contributed by atoms with Crippen LogP contribution in [-0.4, -0.2) is 25.4 Å². The lowest BCUT2D eigenvalue weighted by molar-refractivity contribution is -0.0267. The molecule has 2 rings (SSSR count). The monoisotopic (exact) mass is 194 g/mol. The predicted molar refractivity (Wildman–Crippen MR) is 52.4 cm³/mol. The van der Waals surface area contributed by atoms with Gasteiger partial charge >= 0.3 is 0 Å². The van der Waals surface area contributed by atoms with Crippen molar-refractivity contribution in [2.75, 3.05) is 14.2 Å². The number of aromatic hydroxyl groups is 1. The Hall–Kier alpha value is -1.06. The maximum atomic E-state index is 9.71. The molecular weight excluding hydrogens is 180 g/mol. The number of hydrogen-bond acceptors (Lipinski definition) is 3. The van der Waals surface area contributed by atoms with Crippen LogP contribution in [0.1, 0.15) is 17.2 Å². The zero-order valence-corrected chi connectivity index (χ0v) is 8.36. The first-order valence-corrected chi connectivity index (χ1v) is 4.64. The Morgan fingerprint density at radius 2 is 2.07 bits per heavy atom. The zero-order chi connectivity index (χ0) is 10.1. The predicted octanol–water partition coefficient (Wildman–Crippen LogP) is 1.65. The van der Waals surface area contributed by atoms with Crippen LogP contribution in [0.25, 0.3) is 0 Å². The topological polar surface area (TPSA) is 38.7 Å². The number of rotatable bonds is 2. The molecule has 76 valence electrons. The van der Waals surface area contributed by atoms with Gasteiger partial charge in [-0.2, -0.15) is 0 Å². The molecule has 1 N–H and O–H groups in total. The van der Waals surface area contributed by atoms with Gasteiger partial charge in [0.2, 0.25) is 0 Å². The van der Waals surface area contributed by atoms with Gasteiger partial charge in [-0.25, -0.2) is 0 Å². The third kappa shape index (κ3) is 1.29. The molecule has 0 heterocycles. The molecule has 0 fully saturated rings. The molecule has 0 radical (unpaired) electrons. The second-order valence-corrected chi connectivity index (χ2v) is 3.48. The van der Waals surface area contributed by atoms with Gasteiger partial charge in [0.05, 0.1) is 6.10 Å². The number of phenolic OH excluding ortho intramolecular Hbond substituents is 1. The number of phenols is 1. The summed E-state index contributed by atoms with van der Waals surface area (Å²) < 4.78 is 10.7. The van der Waals surface area contributed by atoms with Crippen LogP contribution in [-0.2, 0) is 15.9 Å². The lowest BCUT2D eigenvalue weighted by Crippen LogP contribution is -2.17. The van der Waals surface area contributed by atoms with Crippen molar-refractivity contribution in [3.05, 3.63) is 29.3 Å². The number of fused-ring (bicyclic) bond motifs is 1. The Balaban J connectivity index is 2.43. The Kier molecular flexibility index (Phi) is 2.44. The van der Waals surface area contributed by atoms with E-state index in [2.05, 4.69) is 0 Å². The van der Waals surface area contributed by atoms with Crippen molar-refractivity contribution in [2.45, 2.75) is 18.6 Å². The average Bonchev–Trinajstić information content (AvgIpc) is 2.56. The maximum absolute atomic E-state index is 9.71. The Bertz CT molecular complexity index is 335. The molecule has 0 aromatic heterocycles. The highest BCUT2D eigenvalue weighted by Gasteiger charge is 2.34. The minimum Gasteiger partial charge on any atom is -0.508 e. The fraction of sp³-hybridized carbons (Fsp3) is 0.455. The zero-order valence-electron chi connectivity index (χ0n) is 8.36. The second kappa shape index (κ2) is 3.59. The molecular formula is C11H14O3. The van der Waals surface area contributed by atoms with Crippen LogP contribution < -0.4 is 0 Å². The summed E-state index contributed by atoms with van der Waals surface area (Å²) >= 11 is 0. The summed E-state index contributed by atoms with van der Waals surface area (Å²) in [5.74, 6) is 0.300. The summed E-state index contributed by atoms with van der Waals surface area (Å²) in [4.78, 5) is 0. The van der Waals surface area contributed by atoms with Crippen LogP contribution in [0.15, 0.2) is 18.2 Å². The van der Waals surface area contributed by atoms with Crippen LogP contribution in [0.4, 0.5) is 0 Å². The molecule has 2 atom stereocenters. The van der Waals surface area contributed by atoms with E-state index < -0.39 is 0 Å². The molecule has 0 saturated heterocycles. The summed E-state index contributed by atoms with van der Waals surface area (Å²) in [5.41, 5.74) is 1.99. The van der Waals surface area contributed by atoms with Gasteiger partial charge in [-0.1, -0.05) is 12.1 Å². The molecule has 3 nitrogen and oxygen atoms in total. The number of benzene rings is 1. The van der Waals surface area contributed by atoms with Gasteiger partial charge in [0.25, 0.3) is 0 Å². The maximum Gasteiger partial charge on any atom is 0.121 e. The largest absolute Gasteiger partial charge is 0.508 e. The van der Waals surface area contributed by atoms with E-state index >= 15 is 0 Å². The molecule has 0 spiro atoms. The molecule has 1 aliphatic carbocycles. The Morgan fingerprint density at radius 3 is 2.71 bits per heavy atom. The van der Waals surface area contributed by atoms with Crippen LogP contribution in [0.5, 0.6) is 5.75 Å². The molecule has 0 saturated carbocycles. The van der Waals surface area contributed by atoms with Gasteiger partial charge in [-0.05, 0) is 11.6 Å². The molecule has 0 bridgehead atoms. The first kappa shape index (κ1) is 9.49. The van der Waals surface area contributed by atoms with E-state index in [-0.39, 0.29) is 12.2 Å². The third-order valence-corrected chi connectivity index (χ3v) is 2.77. The first-order chi connectivity index (χ1) is 6.77. The van der Waals surface area contributed by atoms with Crippen LogP contribution >= 0.6 is 0 Å². The van der Waals surface area contributed by atoms with Crippen molar-refractivity contribution in [1.29, 1.82) is 0 Å². The van der Waals surface area contributed by atoms with Crippen LogP contribution in [0.2, 0.25) is 0 Å². The van der Waals surface area contributed by atoms with Crippen LogP contribution in [0.3, 0.4) is 0 Å². The van der Waals surface area contributed by atoms with Gasteiger partial charge in [-0.3, -0.25) is 0 Å². The summed E-state index contributed by atoms with van der Waals surface area (Å²) in [5, 5.41) is 9.71. The SMILES string of the molecule is COC1Cc2cccc(O)c2C1OC. The Labute approximate surface area is 83.3 Å². The summed E-state index contributed by atoms with van der Waals surface area (Å²) in [6.07, 6.45) is 0.679. The highest BCUT2D eigenvalue weighted by atomic mass is 16.5. The number of hydrogen-bond donors (Lipinski definition) is 1. The first-order valence-electron chi connectivity index (χ1n) is 4.64. The molecule has 3 heteroatoms. The minimum absolute atomic E-state index is 0.0169. The van der Waals surface area contributed by atoms with E-state index in [9.17, 15) is 5.11 Å². The van der Waals surface area contributed by atoms with E-state index in [1.165, 1.54) is 0 Å². The van der Waals surface area contributed by atoms with Crippen molar-refractivity contribution in [2.24, 2.45) is 0 Å². The van der Waals surface area contributed by atoms with Gasteiger partial charge in [0, 0.05) is 26.2 Å². The van der Waals surface area contributed by atoms with Gasteiger partial charge in [0.1, 0.15) is 11.9 Å². The lowest BCUT2D eigenvalue weighted by Gasteiger charge is -2.17. The summed E-state index contributed by atoms with van der Waals surface area (Å²) in [6, 6.07) is 5.53. The molecule has 0 amide bonds. The normalized spacial score (nSPS) is 25.0. The Morgan fingerprint density at radius 1 is 1.29 bits per heavy atom. The second-order valence-electron chi connectivity index (χ2n) is 3.48. The van der Waals surface area contributed by atoms with Gasteiger partial charge in [0.15, 0.2) is 0 Å². The fourth-order valence-corrected chi connectivity index (χ4v) is 2.09. The number of methoxy groups -OCH3 is 2. The molecule has 1 aromatic carbocycles. The van der Waals surface area contributed by atoms with Crippen molar-refractivity contribution in [3.8, 4) is 5.75 Å². The lowest BCUT2D eigenvalue weighted by atomic mass is 10.1. The molecule has 14 heavy (non-hydrogen) atoms. The fourth-order valence-electron chi connectivity index (χ4n) is 2.09. The highest BCUT2D eigenvalue weighted by Crippen LogP contribution is 2.40. The van der Waals surface area contributed by atoms with E-state index in [4.69, 9.17) is 9.47 Å². The number of ether oxygens (including phenoxy) is 2. The quantitative estimate of drug-likeness (QED) is 0.778. The average molecular weight is 194 g/mol. The minimum atomic E-state index is -0.142.